The first-order valence-corrected chi connectivity index (χ1v) is 35.4. The fourth-order valence-corrected chi connectivity index (χ4v) is 18.6. The van der Waals surface area contributed by atoms with Gasteiger partial charge in [0.15, 0.2) is 0 Å². The molecule has 0 amide bonds. The predicted molar refractivity (Wildman–Crippen MR) is 420 cm³/mol. The second-order valence-corrected chi connectivity index (χ2v) is 28.0. The number of H-pyrrole nitrogens is 1. The van der Waals surface area contributed by atoms with Crippen LogP contribution in [0.4, 0.5) is 0 Å². The lowest BCUT2D eigenvalue weighted by Crippen LogP contribution is -2.03. The van der Waals surface area contributed by atoms with Gasteiger partial charge < -0.3 is 22.7 Å². The molecule has 24 aromatic rings. The number of para-hydroxylation sites is 8. The largest absolute Gasteiger partial charge is 0.455 e. The van der Waals surface area contributed by atoms with Gasteiger partial charge in [-0.15, -0.1) is 22.7 Å². The molecule has 10 heterocycles. The Morgan fingerprint density at radius 2 is 0.733 bits per heavy atom. The Morgan fingerprint density at radius 1 is 0.307 bits per heavy atom. The van der Waals surface area contributed by atoms with Crippen LogP contribution < -0.4 is 0 Å². The maximum atomic E-state index is 6.58. The number of benzene rings is 14. The van der Waals surface area contributed by atoms with Crippen molar-refractivity contribution >= 4 is 228 Å². The number of fused-ring (bicyclic) bond motifs is 32. The van der Waals surface area contributed by atoms with E-state index in [4.69, 9.17) is 39.2 Å². The van der Waals surface area contributed by atoms with Gasteiger partial charge in [-0.25, -0.2) is 9.97 Å². The Morgan fingerprint density at radius 3 is 1.33 bits per heavy atom. The Balaban J connectivity index is 0.000000106. The van der Waals surface area contributed by atoms with E-state index >= 15 is 0 Å². The third-order valence-electron chi connectivity index (χ3n) is 20.1. The van der Waals surface area contributed by atoms with Crippen molar-refractivity contribution in [3.05, 3.63) is 284 Å². The highest BCUT2D eigenvalue weighted by atomic mass is 35.5. The van der Waals surface area contributed by atoms with Crippen LogP contribution in [-0.4, -0.2) is 29.5 Å². The second-order valence-electron chi connectivity index (χ2n) is 25.5. The molecule has 0 saturated heterocycles. The quantitative estimate of drug-likeness (QED) is 0.173. The number of nitrogens with one attached hydrogen (secondary N) is 1. The molecule has 0 atom stereocenters. The molecule has 0 unspecified atom stereocenters. The van der Waals surface area contributed by atoms with E-state index in [1.54, 1.807) is 0 Å². The van der Waals surface area contributed by atoms with Gasteiger partial charge in [-0.1, -0.05) is 218 Å². The van der Waals surface area contributed by atoms with Crippen LogP contribution in [-0.2, 0) is 0 Å². The van der Waals surface area contributed by atoms with Crippen LogP contribution in [0, 0.1) is 0 Å². The standard InChI is InChI=1S/C44H23N3O2S.C22H11ClN2O2.C22H13NS/c1-2-14-26-25(13-1)36-30-17-6-10-23-35(30)50-42(36)38-28-15-3-7-20-32(28)47(40(26)38)44-45-39(37-29-16-5-9-22-34(29)49-43(37)46-44)31-19-11-18-27-24-12-4-8-21-33(24)48-41(27)31;23-22-24-19(18-14-7-2-4-11-17(14)27-21(18)25-22)15-9-5-8-13-12-6-1-3-10-16(12)26-20(13)15;1-2-8-14-13(7-1)19-16-10-4-6-12-18(16)24-22(19)20-15-9-3-5-11-17(15)23-21(14)20/h1-23H;1-11H;1-12,23H. The van der Waals surface area contributed by atoms with Crippen LogP contribution in [0.2, 0.25) is 5.28 Å². The van der Waals surface area contributed by atoms with Gasteiger partial charge in [-0.2, -0.15) is 9.97 Å². The lowest BCUT2D eigenvalue weighted by Gasteiger charge is -2.12. The van der Waals surface area contributed by atoms with E-state index in [0.717, 1.165) is 110 Å². The van der Waals surface area contributed by atoms with Crippen molar-refractivity contribution in [2.24, 2.45) is 0 Å². The molecule has 10 nitrogen and oxygen atoms in total. The van der Waals surface area contributed by atoms with Crippen LogP contribution in [0.1, 0.15) is 0 Å². The number of halogens is 1. The van der Waals surface area contributed by atoms with E-state index < -0.39 is 0 Å². The topological polar surface area (TPSA) is 125 Å². The van der Waals surface area contributed by atoms with Gasteiger partial charge in [0.2, 0.25) is 22.7 Å². The van der Waals surface area contributed by atoms with Crippen LogP contribution in [0.5, 0.6) is 0 Å². The molecule has 0 fully saturated rings. The van der Waals surface area contributed by atoms with Crippen molar-refractivity contribution in [1.82, 2.24) is 29.5 Å². The van der Waals surface area contributed by atoms with Crippen LogP contribution in [0.25, 0.3) is 222 Å². The molecule has 1 N–H and O–H groups in total. The highest BCUT2D eigenvalue weighted by Gasteiger charge is 2.28. The van der Waals surface area contributed by atoms with Gasteiger partial charge in [-0.3, -0.25) is 4.57 Å². The minimum Gasteiger partial charge on any atom is -0.455 e. The zero-order valence-electron chi connectivity index (χ0n) is 53.1. The lowest BCUT2D eigenvalue weighted by molar-refractivity contribution is 0.651. The summed E-state index contributed by atoms with van der Waals surface area (Å²) in [6.45, 7) is 0. The SMILES string of the molecule is Clc1nc(-c2cccc3c2oc2ccccc23)c2c(n1)oc1ccccc12.c1ccc2c(c1)[nH]c1c3ccccc3c3c4ccccc4sc3c21.c1ccc2c(c1)oc1c(-c3nc(-n4c5ccccc5c5c6sc7ccccc7c6c6ccccc6c54)nc4oc5ccccc5c34)cccc12. The summed E-state index contributed by atoms with van der Waals surface area (Å²) < 4.78 is 32.8. The molecular formula is C88H47ClN6O4S2. The van der Waals surface area contributed by atoms with Gasteiger partial charge >= 0.3 is 0 Å². The number of thiophene rings is 2. The number of aromatic amines is 1. The first-order valence-electron chi connectivity index (χ1n) is 33.4. The average molecular weight is 1350 g/mol. The number of rotatable bonds is 3. The molecule has 472 valence electrons. The van der Waals surface area contributed by atoms with E-state index in [2.05, 4.69) is 214 Å². The number of aromatic nitrogens is 6. The van der Waals surface area contributed by atoms with E-state index in [1.807, 2.05) is 108 Å². The fraction of sp³-hybridized carbons (Fsp3) is 0. The van der Waals surface area contributed by atoms with Gasteiger partial charge in [-0.05, 0) is 83.0 Å². The minimum atomic E-state index is 0.143. The summed E-state index contributed by atoms with van der Waals surface area (Å²) in [6.07, 6.45) is 0. The van der Waals surface area contributed by atoms with Crippen LogP contribution in [0.15, 0.2) is 297 Å². The predicted octanol–water partition coefficient (Wildman–Crippen LogP) is 26.0. The van der Waals surface area contributed by atoms with Crippen LogP contribution in [0.3, 0.4) is 0 Å². The van der Waals surface area contributed by atoms with E-state index in [0.29, 0.717) is 23.1 Å². The van der Waals surface area contributed by atoms with Crippen molar-refractivity contribution in [3.63, 3.8) is 0 Å². The summed E-state index contributed by atoms with van der Waals surface area (Å²) in [6, 6.07) is 96.7. The van der Waals surface area contributed by atoms with E-state index in [1.165, 1.54) is 89.1 Å². The molecule has 0 aliphatic carbocycles. The van der Waals surface area contributed by atoms with Crippen molar-refractivity contribution in [1.29, 1.82) is 0 Å². The lowest BCUT2D eigenvalue weighted by atomic mass is 10.00. The molecule has 10 aromatic heterocycles. The molecular weight excluding hydrogens is 1300 g/mol. The minimum absolute atomic E-state index is 0.143. The molecule has 14 aromatic carbocycles. The molecule has 0 saturated carbocycles. The third-order valence-corrected chi connectivity index (χ3v) is 22.6. The second kappa shape index (κ2) is 21.6. The maximum absolute atomic E-state index is 6.58. The fourth-order valence-electron chi connectivity index (χ4n) is 15.9. The van der Waals surface area contributed by atoms with E-state index in [-0.39, 0.29) is 5.28 Å². The summed E-state index contributed by atoms with van der Waals surface area (Å²) in [4.78, 5) is 23.3. The van der Waals surface area contributed by atoms with Crippen molar-refractivity contribution in [2.75, 3.05) is 0 Å². The molecule has 0 spiro atoms. The Hall–Kier alpha value is -12.7. The van der Waals surface area contributed by atoms with Gasteiger partial charge in [0.1, 0.15) is 33.5 Å². The maximum Gasteiger partial charge on any atom is 0.238 e. The summed E-state index contributed by atoms with van der Waals surface area (Å²) in [5, 5.41) is 23.4. The summed E-state index contributed by atoms with van der Waals surface area (Å²) >= 11 is 9.98. The summed E-state index contributed by atoms with van der Waals surface area (Å²) in [5.74, 6) is 0.552. The van der Waals surface area contributed by atoms with Gasteiger partial charge in [0.25, 0.3) is 0 Å². The average Bonchev–Trinajstić information content (AvgIpc) is 1.57. The third kappa shape index (κ3) is 8.26. The summed E-state index contributed by atoms with van der Waals surface area (Å²) in [7, 11) is 0. The van der Waals surface area contributed by atoms with E-state index in [9.17, 15) is 0 Å². The van der Waals surface area contributed by atoms with Crippen molar-refractivity contribution in [2.45, 2.75) is 0 Å². The number of hydrogen-bond donors (Lipinski definition) is 1. The summed E-state index contributed by atoms with van der Waals surface area (Å²) in [5.41, 5.74) is 13.6. The molecule has 0 radical (unpaired) electrons. The number of hydrogen-bond acceptors (Lipinski definition) is 10. The van der Waals surface area contributed by atoms with Crippen LogP contribution >= 0.6 is 34.3 Å². The van der Waals surface area contributed by atoms with Gasteiger partial charge in [0, 0.05) is 122 Å². The highest BCUT2D eigenvalue weighted by Crippen LogP contribution is 2.51. The normalized spacial score (nSPS) is 12.2. The molecule has 0 bridgehead atoms. The molecule has 13 heteroatoms. The smallest absolute Gasteiger partial charge is 0.238 e. The monoisotopic (exact) mass is 1350 g/mol. The van der Waals surface area contributed by atoms with Gasteiger partial charge in [0.05, 0.1) is 38.7 Å². The zero-order chi connectivity index (χ0) is 66.1. The van der Waals surface area contributed by atoms with Crippen molar-refractivity contribution < 1.29 is 17.7 Å². The molecule has 0 aliphatic rings. The Bertz CT molecular complexity index is 7650. The first kappa shape index (κ1) is 56.3. The van der Waals surface area contributed by atoms with Crippen molar-refractivity contribution in [3.8, 4) is 28.5 Å². The Labute approximate surface area is 583 Å². The molecule has 0 aliphatic heterocycles. The Kier molecular flexibility index (Phi) is 12.1. The molecule has 101 heavy (non-hydrogen) atoms. The molecule has 24 rings (SSSR count). The highest BCUT2D eigenvalue weighted by molar-refractivity contribution is 7.27. The number of furan rings is 4. The first-order chi connectivity index (χ1) is 50.0. The zero-order valence-corrected chi connectivity index (χ0v) is 55.5. The number of nitrogens with zero attached hydrogens (tertiary/aromatic N) is 5.